The van der Waals surface area contributed by atoms with Crippen LogP contribution < -0.4 is 10.0 Å². The van der Waals surface area contributed by atoms with Crippen molar-refractivity contribution in [2.24, 2.45) is 0 Å². The Morgan fingerprint density at radius 3 is 2.50 bits per heavy atom. The summed E-state index contributed by atoms with van der Waals surface area (Å²) in [5, 5.41) is 3.71. The molecule has 2 N–H and O–H groups in total. The predicted molar refractivity (Wildman–Crippen MR) is 104 cm³/mol. The molecule has 0 saturated heterocycles. The summed E-state index contributed by atoms with van der Waals surface area (Å²) in [4.78, 5) is 16.4. The Morgan fingerprint density at radius 1 is 1.04 bits per heavy atom. The molecule has 2 aromatic carbocycles. The van der Waals surface area contributed by atoms with Crippen LogP contribution in [0.25, 0.3) is 17.0 Å². The molecule has 1 heterocycles. The zero-order valence-corrected chi connectivity index (χ0v) is 14.8. The number of benzene rings is 2. The number of nitrogens with zero attached hydrogens (tertiary/aromatic N) is 1. The fourth-order valence-corrected chi connectivity index (χ4v) is 2.94. The number of rotatable bonds is 5. The van der Waals surface area contributed by atoms with Gasteiger partial charge < -0.3 is 5.32 Å². The lowest BCUT2D eigenvalue weighted by molar-refractivity contribution is -0.111. The second-order valence-corrected chi connectivity index (χ2v) is 7.48. The first-order valence-electron chi connectivity index (χ1n) is 7.81. The maximum atomic E-state index is 12.1. The summed E-state index contributed by atoms with van der Waals surface area (Å²) in [5.41, 5.74) is 2.72. The third-order valence-corrected chi connectivity index (χ3v) is 4.11. The number of carbonyl (C=O) groups excluding carboxylic acids is 1. The van der Waals surface area contributed by atoms with E-state index >= 15 is 0 Å². The van der Waals surface area contributed by atoms with Gasteiger partial charge in [0.15, 0.2) is 0 Å². The number of nitrogens with one attached hydrogen (secondary N) is 2. The Bertz CT molecular complexity index is 1070. The van der Waals surface area contributed by atoms with E-state index in [1.165, 1.54) is 6.08 Å². The molecule has 0 fully saturated rings. The van der Waals surface area contributed by atoms with Crippen LogP contribution in [0.5, 0.6) is 0 Å². The second-order valence-electron chi connectivity index (χ2n) is 5.74. The zero-order chi connectivity index (χ0) is 18.6. The lowest BCUT2D eigenvalue weighted by Gasteiger charge is -2.04. The Hall–Kier alpha value is -3.19. The fraction of sp³-hybridized carbons (Fsp3) is 0.0526. The zero-order valence-electron chi connectivity index (χ0n) is 14.0. The van der Waals surface area contributed by atoms with Crippen molar-refractivity contribution in [3.63, 3.8) is 0 Å². The van der Waals surface area contributed by atoms with E-state index in [9.17, 15) is 13.2 Å². The summed E-state index contributed by atoms with van der Waals surface area (Å²) in [7, 11) is -3.30. The Kier molecular flexibility index (Phi) is 4.99. The van der Waals surface area contributed by atoms with Gasteiger partial charge in [-0.2, -0.15) is 0 Å². The standard InChI is InChI=1S/C19H17N3O3S/c1-26(24,25)22-16-9-6-14(7-10-16)8-11-19(23)21-17-12-15-4-2-3-5-18(15)20-13-17/h2-13,22H,1H3,(H,21,23)/b11-8+. The number of hydrogen-bond donors (Lipinski definition) is 2. The maximum Gasteiger partial charge on any atom is 0.248 e. The molecule has 0 bridgehead atoms. The quantitative estimate of drug-likeness (QED) is 0.678. The second kappa shape index (κ2) is 7.37. The lowest BCUT2D eigenvalue weighted by atomic mass is 10.2. The number of para-hydroxylation sites is 1. The van der Waals surface area contributed by atoms with Gasteiger partial charge in [-0.1, -0.05) is 30.3 Å². The number of pyridine rings is 1. The van der Waals surface area contributed by atoms with Gasteiger partial charge in [0.2, 0.25) is 15.9 Å². The van der Waals surface area contributed by atoms with Gasteiger partial charge in [-0.3, -0.25) is 14.5 Å². The van der Waals surface area contributed by atoms with Crippen LogP contribution in [0.15, 0.2) is 66.9 Å². The minimum Gasteiger partial charge on any atom is -0.321 e. The molecule has 0 saturated carbocycles. The molecule has 7 heteroatoms. The number of fused-ring (bicyclic) bond motifs is 1. The molecule has 132 valence electrons. The molecular weight excluding hydrogens is 350 g/mol. The van der Waals surface area contributed by atoms with E-state index in [0.717, 1.165) is 22.7 Å². The SMILES string of the molecule is CS(=O)(=O)Nc1ccc(/C=C/C(=O)Nc2cnc3ccccc3c2)cc1. The Labute approximate surface area is 151 Å². The van der Waals surface area contributed by atoms with Gasteiger partial charge in [0, 0.05) is 17.1 Å². The average Bonchev–Trinajstić information content (AvgIpc) is 2.60. The predicted octanol–water partition coefficient (Wildman–Crippen LogP) is 3.26. The van der Waals surface area contributed by atoms with E-state index in [1.807, 2.05) is 30.3 Å². The van der Waals surface area contributed by atoms with Crippen molar-refractivity contribution in [3.05, 3.63) is 72.4 Å². The van der Waals surface area contributed by atoms with Gasteiger partial charge in [0.05, 0.1) is 23.7 Å². The van der Waals surface area contributed by atoms with Crippen LogP contribution in [0.4, 0.5) is 11.4 Å². The van der Waals surface area contributed by atoms with Crippen molar-refractivity contribution in [1.29, 1.82) is 0 Å². The molecule has 0 aliphatic carbocycles. The highest BCUT2D eigenvalue weighted by Crippen LogP contribution is 2.16. The molecular formula is C19H17N3O3S. The van der Waals surface area contributed by atoms with Crippen molar-refractivity contribution in [2.45, 2.75) is 0 Å². The highest BCUT2D eigenvalue weighted by Gasteiger charge is 2.02. The fourth-order valence-electron chi connectivity index (χ4n) is 2.37. The van der Waals surface area contributed by atoms with E-state index < -0.39 is 10.0 Å². The molecule has 0 aliphatic rings. The van der Waals surface area contributed by atoms with Crippen LogP contribution in [-0.4, -0.2) is 25.6 Å². The summed E-state index contributed by atoms with van der Waals surface area (Å²) in [5.74, 6) is -0.277. The molecule has 6 nitrogen and oxygen atoms in total. The average molecular weight is 367 g/mol. The van der Waals surface area contributed by atoms with E-state index in [4.69, 9.17) is 0 Å². The highest BCUT2D eigenvalue weighted by atomic mass is 32.2. The van der Waals surface area contributed by atoms with Crippen LogP contribution in [0.2, 0.25) is 0 Å². The molecule has 0 spiro atoms. The minimum atomic E-state index is -3.30. The first kappa shape index (κ1) is 17.6. The molecule has 3 rings (SSSR count). The topological polar surface area (TPSA) is 88.2 Å². The van der Waals surface area contributed by atoms with Gasteiger partial charge >= 0.3 is 0 Å². The largest absolute Gasteiger partial charge is 0.321 e. The molecule has 3 aromatic rings. The number of sulfonamides is 1. The van der Waals surface area contributed by atoms with Crippen LogP contribution in [0, 0.1) is 0 Å². The Balaban J connectivity index is 1.65. The van der Waals surface area contributed by atoms with Crippen LogP contribution in [0.3, 0.4) is 0 Å². The van der Waals surface area contributed by atoms with Crippen LogP contribution >= 0.6 is 0 Å². The maximum absolute atomic E-state index is 12.1. The van der Waals surface area contributed by atoms with Crippen molar-refractivity contribution < 1.29 is 13.2 Å². The first-order valence-corrected chi connectivity index (χ1v) is 9.70. The van der Waals surface area contributed by atoms with E-state index in [1.54, 1.807) is 36.5 Å². The molecule has 0 unspecified atom stereocenters. The summed E-state index contributed by atoms with van der Waals surface area (Å²) in [6, 6.07) is 16.2. The minimum absolute atomic E-state index is 0.277. The van der Waals surface area contributed by atoms with Crippen molar-refractivity contribution in [2.75, 3.05) is 16.3 Å². The van der Waals surface area contributed by atoms with E-state index in [-0.39, 0.29) is 5.91 Å². The number of carbonyl (C=O) groups is 1. The molecule has 1 aromatic heterocycles. The Morgan fingerprint density at radius 2 is 1.77 bits per heavy atom. The van der Waals surface area contributed by atoms with Crippen LogP contribution in [0.1, 0.15) is 5.56 Å². The number of anilines is 2. The third kappa shape index (κ3) is 4.90. The van der Waals surface area contributed by atoms with Crippen molar-refractivity contribution in [1.82, 2.24) is 4.98 Å². The summed E-state index contributed by atoms with van der Waals surface area (Å²) in [6.07, 6.45) is 5.76. The molecule has 1 amide bonds. The first-order chi connectivity index (χ1) is 12.4. The van der Waals surface area contributed by atoms with Gasteiger partial charge in [0.1, 0.15) is 0 Å². The summed E-state index contributed by atoms with van der Waals surface area (Å²) < 4.78 is 24.7. The molecule has 0 aliphatic heterocycles. The van der Waals surface area contributed by atoms with E-state index in [0.29, 0.717) is 11.4 Å². The summed E-state index contributed by atoms with van der Waals surface area (Å²) in [6.45, 7) is 0. The van der Waals surface area contributed by atoms with Gasteiger partial charge in [-0.15, -0.1) is 0 Å². The smallest absolute Gasteiger partial charge is 0.248 e. The lowest BCUT2D eigenvalue weighted by Crippen LogP contribution is -2.09. The van der Waals surface area contributed by atoms with Gasteiger partial charge in [0.25, 0.3) is 0 Å². The van der Waals surface area contributed by atoms with Crippen molar-refractivity contribution >= 4 is 44.3 Å². The van der Waals surface area contributed by atoms with Gasteiger partial charge in [-0.05, 0) is 35.9 Å². The number of aromatic nitrogens is 1. The van der Waals surface area contributed by atoms with Crippen LogP contribution in [-0.2, 0) is 14.8 Å². The molecule has 0 radical (unpaired) electrons. The van der Waals surface area contributed by atoms with Crippen molar-refractivity contribution in [3.8, 4) is 0 Å². The van der Waals surface area contributed by atoms with Gasteiger partial charge in [-0.25, -0.2) is 8.42 Å². The normalized spacial score (nSPS) is 11.6. The van der Waals surface area contributed by atoms with E-state index in [2.05, 4.69) is 15.0 Å². The number of hydrogen-bond acceptors (Lipinski definition) is 4. The molecule has 0 atom stereocenters. The third-order valence-electron chi connectivity index (χ3n) is 3.50. The molecule has 26 heavy (non-hydrogen) atoms. The summed E-state index contributed by atoms with van der Waals surface area (Å²) >= 11 is 0. The number of amides is 1. The highest BCUT2D eigenvalue weighted by molar-refractivity contribution is 7.92. The monoisotopic (exact) mass is 367 g/mol.